The Labute approximate surface area is 133 Å². The van der Waals surface area contributed by atoms with Crippen molar-refractivity contribution in [2.75, 3.05) is 0 Å². The molecule has 1 heterocycles. The molecule has 2 aromatic rings. The van der Waals surface area contributed by atoms with Gasteiger partial charge in [0.25, 0.3) is 0 Å². The van der Waals surface area contributed by atoms with Gasteiger partial charge in [-0.15, -0.1) is 11.6 Å². The van der Waals surface area contributed by atoms with Gasteiger partial charge in [-0.1, -0.05) is 39.2 Å². The second-order valence-corrected chi connectivity index (χ2v) is 6.76. The molecule has 3 heteroatoms. The van der Waals surface area contributed by atoms with Crippen LogP contribution in [0.25, 0.3) is 11.0 Å². The lowest BCUT2D eigenvalue weighted by molar-refractivity contribution is 0.389. The standard InChI is InChI=1S/C18H27ClN2/c1-5-7-8-15(6-2)12-21-17-11-13(3)9-10-16(17)20-18(21)14(4)19/h9-11,14-15H,5-8,12H2,1-4H3. The summed E-state index contributed by atoms with van der Waals surface area (Å²) >= 11 is 6.37. The Bertz CT molecular complexity index is 586. The zero-order chi connectivity index (χ0) is 15.4. The Balaban J connectivity index is 2.39. The van der Waals surface area contributed by atoms with Gasteiger partial charge < -0.3 is 4.57 Å². The molecular formula is C18H27ClN2. The molecule has 0 fully saturated rings. The van der Waals surface area contributed by atoms with Gasteiger partial charge in [-0.2, -0.15) is 0 Å². The third-order valence-corrected chi connectivity index (χ3v) is 4.47. The summed E-state index contributed by atoms with van der Waals surface area (Å²) < 4.78 is 2.35. The summed E-state index contributed by atoms with van der Waals surface area (Å²) in [6.45, 7) is 9.72. The number of alkyl halides is 1. The number of hydrogen-bond acceptors (Lipinski definition) is 1. The normalized spacial score (nSPS) is 14.5. The van der Waals surface area contributed by atoms with Gasteiger partial charge >= 0.3 is 0 Å². The van der Waals surface area contributed by atoms with Crippen LogP contribution in [-0.2, 0) is 6.54 Å². The molecule has 116 valence electrons. The first kappa shape index (κ1) is 16.4. The fraction of sp³-hybridized carbons (Fsp3) is 0.611. The molecule has 0 aliphatic carbocycles. The second kappa shape index (κ2) is 7.31. The van der Waals surface area contributed by atoms with Crippen LogP contribution in [0, 0.1) is 12.8 Å². The van der Waals surface area contributed by atoms with Crippen molar-refractivity contribution in [1.82, 2.24) is 9.55 Å². The fourth-order valence-corrected chi connectivity index (χ4v) is 3.09. The number of rotatable bonds is 7. The Morgan fingerprint density at radius 3 is 2.67 bits per heavy atom. The average molecular weight is 307 g/mol. The fourth-order valence-electron chi connectivity index (χ4n) is 2.92. The lowest BCUT2D eigenvalue weighted by atomic mass is 9.99. The van der Waals surface area contributed by atoms with Crippen molar-refractivity contribution in [1.29, 1.82) is 0 Å². The minimum atomic E-state index is -0.0543. The van der Waals surface area contributed by atoms with Gasteiger partial charge in [0.15, 0.2) is 0 Å². The van der Waals surface area contributed by atoms with E-state index < -0.39 is 0 Å². The van der Waals surface area contributed by atoms with Crippen LogP contribution in [0.3, 0.4) is 0 Å². The third kappa shape index (κ3) is 3.79. The molecule has 1 aromatic carbocycles. The molecule has 0 aliphatic rings. The van der Waals surface area contributed by atoms with Gasteiger partial charge in [-0.25, -0.2) is 4.98 Å². The van der Waals surface area contributed by atoms with Crippen LogP contribution in [0.15, 0.2) is 18.2 Å². The number of aromatic nitrogens is 2. The molecular weight excluding hydrogens is 280 g/mol. The van der Waals surface area contributed by atoms with Crippen molar-refractivity contribution in [3.05, 3.63) is 29.6 Å². The Hall–Kier alpha value is -1.02. The van der Waals surface area contributed by atoms with E-state index in [0.29, 0.717) is 5.92 Å². The number of halogens is 1. The number of aryl methyl sites for hydroxylation is 1. The molecule has 2 unspecified atom stereocenters. The van der Waals surface area contributed by atoms with E-state index in [1.165, 1.54) is 36.8 Å². The lowest BCUT2D eigenvalue weighted by Gasteiger charge is -2.18. The predicted molar refractivity (Wildman–Crippen MR) is 92.0 cm³/mol. The van der Waals surface area contributed by atoms with E-state index in [2.05, 4.69) is 43.5 Å². The van der Waals surface area contributed by atoms with Gasteiger partial charge in [0, 0.05) is 6.54 Å². The summed E-state index contributed by atoms with van der Waals surface area (Å²) in [5.41, 5.74) is 3.57. The van der Waals surface area contributed by atoms with E-state index in [1.807, 2.05) is 6.92 Å². The van der Waals surface area contributed by atoms with Crippen LogP contribution in [0.1, 0.15) is 63.2 Å². The molecule has 0 bridgehead atoms. The number of benzene rings is 1. The summed E-state index contributed by atoms with van der Waals surface area (Å²) in [4.78, 5) is 4.75. The van der Waals surface area contributed by atoms with E-state index in [1.54, 1.807) is 0 Å². The van der Waals surface area contributed by atoms with Gasteiger partial charge in [0.1, 0.15) is 5.82 Å². The highest BCUT2D eigenvalue weighted by Crippen LogP contribution is 2.27. The summed E-state index contributed by atoms with van der Waals surface area (Å²) in [7, 11) is 0. The van der Waals surface area contributed by atoms with Crippen molar-refractivity contribution >= 4 is 22.6 Å². The highest BCUT2D eigenvalue weighted by molar-refractivity contribution is 6.20. The topological polar surface area (TPSA) is 17.8 Å². The summed E-state index contributed by atoms with van der Waals surface area (Å²) in [5, 5.41) is -0.0543. The van der Waals surface area contributed by atoms with Crippen molar-refractivity contribution in [2.24, 2.45) is 5.92 Å². The molecule has 0 saturated heterocycles. The highest BCUT2D eigenvalue weighted by atomic mass is 35.5. The number of nitrogens with zero attached hydrogens (tertiary/aromatic N) is 2. The quantitative estimate of drug-likeness (QED) is 0.586. The number of hydrogen-bond donors (Lipinski definition) is 0. The molecule has 0 spiro atoms. The lowest BCUT2D eigenvalue weighted by Crippen LogP contribution is -2.13. The van der Waals surface area contributed by atoms with Crippen LogP contribution in [0.4, 0.5) is 0 Å². The minimum absolute atomic E-state index is 0.0543. The van der Waals surface area contributed by atoms with Crippen molar-refractivity contribution in [2.45, 2.75) is 65.3 Å². The smallest absolute Gasteiger partial charge is 0.127 e. The third-order valence-electron chi connectivity index (χ3n) is 4.27. The molecule has 2 rings (SSSR count). The van der Waals surface area contributed by atoms with E-state index >= 15 is 0 Å². The molecule has 0 aliphatic heterocycles. The molecule has 2 atom stereocenters. The first-order valence-electron chi connectivity index (χ1n) is 8.17. The van der Waals surface area contributed by atoms with Gasteiger partial charge in [0.2, 0.25) is 0 Å². The predicted octanol–water partition coefficient (Wildman–Crippen LogP) is 5.86. The minimum Gasteiger partial charge on any atom is -0.326 e. The first-order valence-corrected chi connectivity index (χ1v) is 8.61. The first-order chi connectivity index (χ1) is 10.1. The Morgan fingerprint density at radius 1 is 1.29 bits per heavy atom. The average Bonchev–Trinajstić information content (AvgIpc) is 2.81. The largest absolute Gasteiger partial charge is 0.326 e. The maximum absolute atomic E-state index is 6.37. The molecule has 2 nitrogen and oxygen atoms in total. The summed E-state index contributed by atoms with van der Waals surface area (Å²) in [6.07, 6.45) is 5.06. The Morgan fingerprint density at radius 2 is 2.05 bits per heavy atom. The number of unbranched alkanes of at least 4 members (excludes halogenated alkanes) is 1. The molecule has 1 aromatic heterocycles. The SMILES string of the molecule is CCCCC(CC)Cn1c(C(C)Cl)nc2ccc(C)cc21. The summed E-state index contributed by atoms with van der Waals surface area (Å²) in [6, 6.07) is 6.46. The van der Waals surface area contributed by atoms with Crippen LogP contribution in [0.5, 0.6) is 0 Å². The van der Waals surface area contributed by atoms with E-state index in [9.17, 15) is 0 Å². The second-order valence-electron chi connectivity index (χ2n) is 6.11. The Kier molecular flexibility index (Phi) is 5.69. The zero-order valence-electron chi connectivity index (χ0n) is 13.7. The monoisotopic (exact) mass is 306 g/mol. The van der Waals surface area contributed by atoms with Crippen molar-refractivity contribution in [3.8, 4) is 0 Å². The van der Waals surface area contributed by atoms with Crippen LogP contribution in [-0.4, -0.2) is 9.55 Å². The van der Waals surface area contributed by atoms with Crippen molar-refractivity contribution in [3.63, 3.8) is 0 Å². The number of fused-ring (bicyclic) bond motifs is 1. The zero-order valence-corrected chi connectivity index (χ0v) is 14.5. The molecule has 0 amide bonds. The number of imidazole rings is 1. The molecule has 0 radical (unpaired) electrons. The maximum atomic E-state index is 6.37. The van der Waals surface area contributed by atoms with E-state index in [-0.39, 0.29) is 5.38 Å². The molecule has 21 heavy (non-hydrogen) atoms. The van der Waals surface area contributed by atoms with Gasteiger partial charge in [-0.3, -0.25) is 0 Å². The molecule has 0 saturated carbocycles. The van der Waals surface area contributed by atoms with E-state index in [4.69, 9.17) is 16.6 Å². The van der Waals surface area contributed by atoms with Crippen LogP contribution >= 0.6 is 11.6 Å². The highest BCUT2D eigenvalue weighted by Gasteiger charge is 2.17. The van der Waals surface area contributed by atoms with Crippen LogP contribution < -0.4 is 0 Å². The van der Waals surface area contributed by atoms with Gasteiger partial charge in [0.05, 0.1) is 16.4 Å². The summed E-state index contributed by atoms with van der Waals surface area (Å²) in [5.74, 6) is 1.71. The van der Waals surface area contributed by atoms with Crippen LogP contribution in [0.2, 0.25) is 0 Å². The van der Waals surface area contributed by atoms with Crippen molar-refractivity contribution < 1.29 is 0 Å². The van der Waals surface area contributed by atoms with E-state index in [0.717, 1.165) is 17.9 Å². The maximum Gasteiger partial charge on any atom is 0.127 e. The molecule has 0 N–H and O–H groups in total. The van der Waals surface area contributed by atoms with Gasteiger partial charge in [-0.05, 0) is 43.9 Å².